The van der Waals surface area contributed by atoms with E-state index in [1.165, 1.54) is 6.07 Å². The Labute approximate surface area is 128 Å². The Balaban J connectivity index is 1.53. The summed E-state index contributed by atoms with van der Waals surface area (Å²) >= 11 is 0. The number of fused-ring (bicyclic) bond motifs is 1. The van der Waals surface area contributed by atoms with Gasteiger partial charge in [0.05, 0.1) is 5.56 Å². The molecule has 0 bridgehead atoms. The van der Waals surface area contributed by atoms with E-state index in [1.807, 2.05) is 0 Å². The Bertz CT molecular complexity index is 782. The number of pyridine rings is 1. The third kappa shape index (κ3) is 3.47. The van der Waals surface area contributed by atoms with Crippen molar-refractivity contribution in [2.24, 2.45) is 0 Å². The van der Waals surface area contributed by atoms with Crippen LogP contribution in [0.1, 0.15) is 5.56 Å². The highest BCUT2D eigenvalue weighted by atomic mass is 19.4. The van der Waals surface area contributed by atoms with E-state index in [4.69, 9.17) is 0 Å². The smallest absolute Gasteiger partial charge is 0.368 e. The van der Waals surface area contributed by atoms with Gasteiger partial charge in [-0.15, -0.1) is 10.2 Å². The highest BCUT2D eigenvalue weighted by Gasteiger charge is 2.30. The summed E-state index contributed by atoms with van der Waals surface area (Å²) in [5, 5.41) is 13.7. The SMILES string of the molecule is FC(F)(F)c1ccc(NCCNc2nccn3cnnc23)nc1. The summed E-state index contributed by atoms with van der Waals surface area (Å²) in [5.41, 5.74) is -0.177. The van der Waals surface area contributed by atoms with Crippen LogP contribution in [0.3, 0.4) is 0 Å². The molecule has 0 atom stereocenters. The second-order valence-electron chi connectivity index (χ2n) is 4.62. The number of hydrogen-bond donors (Lipinski definition) is 2. The number of alkyl halides is 3. The zero-order valence-electron chi connectivity index (χ0n) is 11.7. The summed E-state index contributed by atoms with van der Waals surface area (Å²) in [7, 11) is 0. The van der Waals surface area contributed by atoms with E-state index >= 15 is 0 Å². The summed E-state index contributed by atoms with van der Waals surface area (Å²) in [6.45, 7) is 0.942. The molecule has 0 unspecified atom stereocenters. The monoisotopic (exact) mass is 323 g/mol. The number of hydrogen-bond acceptors (Lipinski definition) is 6. The molecule has 3 aromatic rings. The van der Waals surface area contributed by atoms with Crippen LogP contribution in [0.2, 0.25) is 0 Å². The van der Waals surface area contributed by atoms with Crippen molar-refractivity contribution >= 4 is 17.3 Å². The van der Waals surface area contributed by atoms with Gasteiger partial charge < -0.3 is 10.6 Å². The van der Waals surface area contributed by atoms with Gasteiger partial charge in [-0.25, -0.2) is 9.97 Å². The molecule has 0 saturated heterocycles. The molecule has 7 nitrogen and oxygen atoms in total. The molecule has 0 aliphatic rings. The molecular weight excluding hydrogens is 311 g/mol. The molecule has 3 heterocycles. The van der Waals surface area contributed by atoms with Gasteiger partial charge in [-0.1, -0.05) is 0 Å². The average molecular weight is 323 g/mol. The number of halogens is 3. The van der Waals surface area contributed by atoms with Gasteiger partial charge in [0.2, 0.25) is 5.65 Å². The molecule has 0 aliphatic heterocycles. The van der Waals surface area contributed by atoms with E-state index in [-0.39, 0.29) is 0 Å². The van der Waals surface area contributed by atoms with Crippen LogP contribution in [0.25, 0.3) is 5.65 Å². The van der Waals surface area contributed by atoms with E-state index in [0.717, 1.165) is 12.3 Å². The van der Waals surface area contributed by atoms with Crippen molar-refractivity contribution in [3.63, 3.8) is 0 Å². The van der Waals surface area contributed by atoms with Crippen LogP contribution in [0.5, 0.6) is 0 Å². The Kier molecular flexibility index (Phi) is 3.96. The molecule has 0 fully saturated rings. The maximum atomic E-state index is 12.4. The van der Waals surface area contributed by atoms with Crippen LogP contribution >= 0.6 is 0 Å². The molecule has 23 heavy (non-hydrogen) atoms. The van der Waals surface area contributed by atoms with Gasteiger partial charge in [0.15, 0.2) is 5.82 Å². The van der Waals surface area contributed by atoms with Crippen LogP contribution < -0.4 is 10.6 Å². The van der Waals surface area contributed by atoms with Crippen LogP contribution in [-0.2, 0) is 6.18 Å². The van der Waals surface area contributed by atoms with Crippen molar-refractivity contribution < 1.29 is 13.2 Å². The normalized spacial score (nSPS) is 11.6. The van der Waals surface area contributed by atoms with Crippen molar-refractivity contribution in [2.75, 3.05) is 23.7 Å². The molecule has 0 amide bonds. The molecule has 0 spiro atoms. The zero-order valence-corrected chi connectivity index (χ0v) is 11.7. The van der Waals surface area contributed by atoms with Crippen molar-refractivity contribution in [1.29, 1.82) is 0 Å². The first-order valence-electron chi connectivity index (χ1n) is 6.69. The molecule has 3 rings (SSSR count). The lowest BCUT2D eigenvalue weighted by Crippen LogP contribution is -2.16. The maximum absolute atomic E-state index is 12.4. The number of nitrogens with one attached hydrogen (secondary N) is 2. The van der Waals surface area contributed by atoms with Gasteiger partial charge in [0.1, 0.15) is 12.1 Å². The lowest BCUT2D eigenvalue weighted by Gasteiger charge is -2.09. The minimum atomic E-state index is -4.38. The molecule has 0 saturated carbocycles. The molecule has 3 aromatic heterocycles. The van der Waals surface area contributed by atoms with E-state index in [1.54, 1.807) is 23.1 Å². The maximum Gasteiger partial charge on any atom is 0.417 e. The quantitative estimate of drug-likeness (QED) is 0.700. The lowest BCUT2D eigenvalue weighted by atomic mass is 10.3. The number of aromatic nitrogens is 5. The Morgan fingerprint density at radius 2 is 1.91 bits per heavy atom. The predicted octanol–water partition coefficient (Wildman–Crippen LogP) is 2.06. The topological polar surface area (TPSA) is 80.0 Å². The fourth-order valence-corrected chi connectivity index (χ4v) is 1.92. The third-order valence-electron chi connectivity index (χ3n) is 3.03. The molecule has 0 aromatic carbocycles. The highest BCUT2D eigenvalue weighted by molar-refractivity contribution is 5.61. The average Bonchev–Trinajstić information content (AvgIpc) is 3.00. The van der Waals surface area contributed by atoms with Gasteiger partial charge >= 0.3 is 6.18 Å². The summed E-state index contributed by atoms with van der Waals surface area (Å²) < 4.78 is 39.0. The Morgan fingerprint density at radius 3 is 2.65 bits per heavy atom. The summed E-state index contributed by atoms with van der Waals surface area (Å²) in [6, 6.07) is 2.28. The van der Waals surface area contributed by atoms with E-state index < -0.39 is 11.7 Å². The van der Waals surface area contributed by atoms with Crippen LogP contribution in [0.15, 0.2) is 37.1 Å². The van der Waals surface area contributed by atoms with Gasteiger partial charge in [-0.3, -0.25) is 4.40 Å². The van der Waals surface area contributed by atoms with Gasteiger partial charge in [0, 0.05) is 31.7 Å². The number of anilines is 2. The van der Waals surface area contributed by atoms with Gasteiger partial charge in [-0.2, -0.15) is 13.2 Å². The second-order valence-corrected chi connectivity index (χ2v) is 4.62. The van der Waals surface area contributed by atoms with Gasteiger partial charge in [-0.05, 0) is 12.1 Å². The van der Waals surface area contributed by atoms with E-state index in [9.17, 15) is 13.2 Å². The van der Waals surface area contributed by atoms with Crippen LogP contribution in [0.4, 0.5) is 24.8 Å². The van der Waals surface area contributed by atoms with Crippen LogP contribution in [-0.4, -0.2) is 37.7 Å². The highest BCUT2D eigenvalue weighted by Crippen LogP contribution is 2.28. The van der Waals surface area contributed by atoms with Crippen molar-refractivity contribution in [2.45, 2.75) is 6.18 Å². The zero-order chi connectivity index (χ0) is 16.3. The lowest BCUT2D eigenvalue weighted by molar-refractivity contribution is -0.137. The van der Waals surface area contributed by atoms with E-state index in [2.05, 4.69) is 30.8 Å². The minimum Gasteiger partial charge on any atom is -0.368 e. The molecular formula is C13H12F3N7. The van der Waals surface area contributed by atoms with Crippen LogP contribution in [0, 0.1) is 0 Å². The van der Waals surface area contributed by atoms with E-state index in [0.29, 0.717) is 30.4 Å². The third-order valence-corrected chi connectivity index (χ3v) is 3.03. The molecule has 2 N–H and O–H groups in total. The van der Waals surface area contributed by atoms with Gasteiger partial charge in [0.25, 0.3) is 0 Å². The Morgan fingerprint density at radius 1 is 1.09 bits per heavy atom. The number of nitrogens with zero attached hydrogens (tertiary/aromatic N) is 5. The standard InChI is InChI=1S/C13H12F3N7/c14-13(15,16)9-1-2-10(20-7-9)17-3-4-18-11-12-22-21-8-23(12)6-5-19-11/h1-2,5-8H,3-4H2,(H,17,20)(H,18,19). The van der Waals surface area contributed by atoms with Crippen molar-refractivity contribution in [3.05, 3.63) is 42.6 Å². The fraction of sp³-hybridized carbons (Fsp3) is 0.231. The van der Waals surface area contributed by atoms with Crippen molar-refractivity contribution in [1.82, 2.24) is 24.6 Å². The minimum absolute atomic E-state index is 0.369. The van der Waals surface area contributed by atoms with Crippen molar-refractivity contribution in [3.8, 4) is 0 Å². The largest absolute Gasteiger partial charge is 0.417 e. The second kappa shape index (κ2) is 6.07. The predicted molar refractivity (Wildman–Crippen MR) is 77.0 cm³/mol. The number of rotatable bonds is 5. The summed E-state index contributed by atoms with van der Waals surface area (Å²) in [4.78, 5) is 7.89. The summed E-state index contributed by atoms with van der Waals surface area (Å²) in [5.74, 6) is 0.945. The molecule has 0 aliphatic carbocycles. The first-order valence-corrected chi connectivity index (χ1v) is 6.69. The molecule has 10 heteroatoms. The fourth-order valence-electron chi connectivity index (χ4n) is 1.92. The first kappa shape index (κ1) is 15.0. The molecule has 0 radical (unpaired) electrons. The molecule has 120 valence electrons. The summed E-state index contributed by atoms with van der Waals surface area (Å²) in [6.07, 6.45) is 1.32. The Hall–Kier alpha value is -2.91. The first-order chi connectivity index (χ1) is 11.0.